The summed E-state index contributed by atoms with van der Waals surface area (Å²) in [5.74, 6) is 0.229. The number of aryl methyl sites for hydroxylation is 1. The highest BCUT2D eigenvalue weighted by molar-refractivity contribution is 5.83. The molecule has 1 unspecified atom stereocenters. The number of rotatable bonds is 5. The van der Waals surface area contributed by atoms with Gasteiger partial charge >= 0.3 is 0 Å². The highest BCUT2D eigenvalue weighted by Crippen LogP contribution is 2.11. The van der Waals surface area contributed by atoms with Crippen molar-refractivity contribution in [1.29, 1.82) is 0 Å². The zero-order valence-corrected chi connectivity index (χ0v) is 11.4. The topological polar surface area (TPSA) is 50.2 Å². The molecule has 5 nitrogen and oxygen atoms in total. The second-order valence-electron chi connectivity index (χ2n) is 5.27. The van der Waals surface area contributed by atoms with Gasteiger partial charge in [-0.15, -0.1) is 0 Å². The summed E-state index contributed by atoms with van der Waals surface area (Å²) in [7, 11) is 0. The lowest BCUT2D eigenvalue weighted by Gasteiger charge is -2.18. The van der Waals surface area contributed by atoms with Crippen LogP contribution in [0.4, 0.5) is 0 Å². The van der Waals surface area contributed by atoms with Crippen LogP contribution >= 0.6 is 0 Å². The zero-order valence-electron chi connectivity index (χ0n) is 11.4. The van der Waals surface area contributed by atoms with Crippen molar-refractivity contribution in [2.45, 2.75) is 45.8 Å². The van der Waals surface area contributed by atoms with Gasteiger partial charge in [0.15, 0.2) is 0 Å². The van der Waals surface area contributed by atoms with Crippen molar-refractivity contribution in [3.63, 3.8) is 0 Å². The Balaban J connectivity index is 1.82. The summed E-state index contributed by atoms with van der Waals surface area (Å²) in [5.41, 5.74) is 1.15. The van der Waals surface area contributed by atoms with Crippen LogP contribution in [0.15, 0.2) is 12.4 Å². The lowest BCUT2D eigenvalue weighted by molar-refractivity contribution is -0.129. The van der Waals surface area contributed by atoms with E-state index in [-0.39, 0.29) is 11.9 Å². The molecule has 2 heterocycles. The van der Waals surface area contributed by atoms with Gasteiger partial charge in [-0.3, -0.25) is 9.48 Å². The van der Waals surface area contributed by atoms with Gasteiger partial charge < -0.3 is 10.2 Å². The molecule has 5 heteroatoms. The molecule has 18 heavy (non-hydrogen) atoms. The summed E-state index contributed by atoms with van der Waals surface area (Å²) in [6.45, 7) is 8.53. The molecule has 1 N–H and O–H groups in total. The van der Waals surface area contributed by atoms with E-state index in [0.29, 0.717) is 6.04 Å². The lowest BCUT2D eigenvalue weighted by atomic mass is 10.2. The van der Waals surface area contributed by atoms with Gasteiger partial charge in [0.2, 0.25) is 5.91 Å². The fourth-order valence-corrected chi connectivity index (χ4v) is 2.33. The van der Waals surface area contributed by atoms with Gasteiger partial charge in [-0.05, 0) is 18.9 Å². The van der Waals surface area contributed by atoms with Crippen LogP contribution in [-0.4, -0.2) is 45.8 Å². The van der Waals surface area contributed by atoms with E-state index in [4.69, 9.17) is 0 Å². The predicted molar refractivity (Wildman–Crippen MR) is 70.2 cm³/mol. The van der Waals surface area contributed by atoms with Gasteiger partial charge in [0.05, 0.1) is 18.8 Å². The molecule has 1 aliphatic heterocycles. The Hall–Kier alpha value is -1.36. The number of hydrogen-bond donors (Lipinski definition) is 1. The quantitative estimate of drug-likeness (QED) is 0.840. The van der Waals surface area contributed by atoms with Crippen molar-refractivity contribution in [3.05, 3.63) is 18.0 Å². The largest absolute Gasteiger partial charge is 0.339 e. The Morgan fingerprint density at radius 2 is 2.28 bits per heavy atom. The molecule has 0 spiro atoms. The number of nitrogens with zero attached hydrogens (tertiary/aromatic N) is 3. The Labute approximate surface area is 108 Å². The van der Waals surface area contributed by atoms with Crippen molar-refractivity contribution in [3.8, 4) is 0 Å². The predicted octanol–water partition coefficient (Wildman–Crippen LogP) is 0.790. The van der Waals surface area contributed by atoms with E-state index >= 15 is 0 Å². The van der Waals surface area contributed by atoms with Crippen LogP contribution in [0.25, 0.3) is 0 Å². The molecule has 1 aliphatic rings. The fourth-order valence-electron chi connectivity index (χ4n) is 2.33. The molecule has 0 aliphatic carbocycles. The van der Waals surface area contributed by atoms with Gasteiger partial charge in [0.1, 0.15) is 0 Å². The van der Waals surface area contributed by atoms with Crippen LogP contribution in [0, 0.1) is 6.92 Å². The maximum absolute atomic E-state index is 12.1. The van der Waals surface area contributed by atoms with Crippen molar-refractivity contribution in [2.24, 2.45) is 0 Å². The van der Waals surface area contributed by atoms with Crippen LogP contribution in [-0.2, 0) is 11.3 Å². The molecule has 1 aromatic heterocycles. The Morgan fingerprint density at radius 3 is 2.89 bits per heavy atom. The van der Waals surface area contributed by atoms with Crippen molar-refractivity contribution in [1.82, 2.24) is 20.0 Å². The van der Waals surface area contributed by atoms with Crippen molar-refractivity contribution >= 4 is 5.91 Å². The van der Waals surface area contributed by atoms with Crippen LogP contribution in [0.3, 0.4) is 0 Å². The van der Waals surface area contributed by atoms with Crippen molar-refractivity contribution < 1.29 is 4.79 Å². The van der Waals surface area contributed by atoms with Crippen LogP contribution in [0.2, 0.25) is 0 Å². The third-order valence-electron chi connectivity index (χ3n) is 3.19. The molecule has 1 aromatic rings. The van der Waals surface area contributed by atoms with E-state index in [9.17, 15) is 4.79 Å². The summed E-state index contributed by atoms with van der Waals surface area (Å²) >= 11 is 0. The molecular weight excluding hydrogens is 228 g/mol. The molecule has 0 aromatic carbocycles. The standard InChI is InChI=1S/C13H22N4O/c1-10(2)15-12-4-5-16(13(12)18)6-7-17-9-11(3)8-14-17/h8-10,12,15H,4-7H2,1-3H3. The number of nitrogens with one attached hydrogen (secondary N) is 1. The average molecular weight is 250 g/mol. The van der Waals surface area contributed by atoms with Gasteiger partial charge in [0, 0.05) is 25.3 Å². The Bertz CT molecular complexity index is 413. The average Bonchev–Trinajstić information content (AvgIpc) is 2.85. The van der Waals surface area contributed by atoms with E-state index in [0.717, 1.165) is 31.6 Å². The first-order valence-electron chi connectivity index (χ1n) is 6.60. The van der Waals surface area contributed by atoms with Crippen molar-refractivity contribution in [2.75, 3.05) is 13.1 Å². The maximum atomic E-state index is 12.1. The van der Waals surface area contributed by atoms with Crippen LogP contribution in [0.1, 0.15) is 25.8 Å². The smallest absolute Gasteiger partial charge is 0.239 e. The lowest BCUT2D eigenvalue weighted by Crippen LogP contribution is -2.42. The molecule has 0 radical (unpaired) electrons. The number of amides is 1. The molecule has 1 fully saturated rings. The van der Waals surface area contributed by atoms with E-state index in [2.05, 4.69) is 24.3 Å². The highest BCUT2D eigenvalue weighted by Gasteiger charge is 2.31. The van der Waals surface area contributed by atoms with Gasteiger partial charge in [-0.1, -0.05) is 13.8 Å². The minimum absolute atomic E-state index is 0.00403. The number of hydrogen-bond acceptors (Lipinski definition) is 3. The number of likely N-dealkylation sites (tertiary alicyclic amines) is 1. The van der Waals surface area contributed by atoms with Crippen LogP contribution < -0.4 is 5.32 Å². The zero-order chi connectivity index (χ0) is 13.1. The molecular formula is C13H22N4O. The minimum Gasteiger partial charge on any atom is -0.339 e. The van der Waals surface area contributed by atoms with E-state index < -0.39 is 0 Å². The summed E-state index contributed by atoms with van der Waals surface area (Å²) in [6.07, 6.45) is 4.76. The molecule has 0 bridgehead atoms. The molecule has 1 atom stereocenters. The van der Waals surface area contributed by atoms with Crippen LogP contribution in [0.5, 0.6) is 0 Å². The second-order valence-corrected chi connectivity index (χ2v) is 5.27. The summed E-state index contributed by atoms with van der Waals surface area (Å²) in [5, 5.41) is 7.54. The first kappa shape index (κ1) is 13.1. The number of aromatic nitrogens is 2. The Morgan fingerprint density at radius 1 is 1.50 bits per heavy atom. The van der Waals surface area contributed by atoms with Gasteiger partial charge in [-0.25, -0.2) is 0 Å². The number of carbonyl (C=O) groups is 1. The second kappa shape index (κ2) is 5.52. The summed E-state index contributed by atoms with van der Waals surface area (Å²) < 4.78 is 1.89. The number of carbonyl (C=O) groups excluding carboxylic acids is 1. The first-order chi connectivity index (χ1) is 8.56. The first-order valence-corrected chi connectivity index (χ1v) is 6.60. The minimum atomic E-state index is 0.00403. The van der Waals surface area contributed by atoms with E-state index in [1.165, 1.54) is 0 Å². The Kier molecular flexibility index (Phi) is 4.01. The highest BCUT2D eigenvalue weighted by atomic mass is 16.2. The third-order valence-corrected chi connectivity index (χ3v) is 3.19. The maximum Gasteiger partial charge on any atom is 0.239 e. The molecule has 1 amide bonds. The summed E-state index contributed by atoms with van der Waals surface area (Å²) in [6, 6.07) is 0.358. The summed E-state index contributed by atoms with van der Waals surface area (Å²) in [4.78, 5) is 14.0. The normalized spacial score (nSPS) is 20.1. The molecule has 100 valence electrons. The molecule has 1 saturated heterocycles. The molecule has 2 rings (SSSR count). The van der Waals surface area contributed by atoms with E-state index in [1.54, 1.807) is 0 Å². The molecule has 0 saturated carbocycles. The SMILES string of the molecule is Cc1cnn(CCN2CCC(NC(C)C)C2=O)c1. The third kappa shape index (κ3) is 3.10. The monoisotopic (exact) mass is 250 g/mol. The van der Waals surface area contributed by atoms with Gasteiger partial charge in [-0.2, -0.15) is 5.10 Å². The van der Waals surface area contributed by atoms with Gasteiger partial charge in [0.25, 0.3) is 0 Å². The fraction of sp³-hybridized carbons (Fsp3) is 0.692. The van der Waals surface area contributed by atoms with E-state index in [1.807, 2.05) is 28.9 Å².